The molecule has 3 heterocycles. The molecule has 2 aromatic carbocycles. The lowest BCUT2D eigenvalue weighted by molar-refractivity contribution is -0.274. The smallest absolute Gasteiger partial charge is 0.405 e. The van der Waals surface area contributed by atoms with Crippen LogP contribution in [0, 0.1) is 6.92 Å². The third-order valence-electron chi connectivity index (χ3n) is 5.51. The zero-order valence-electron chi connectivity index (χ0n) is 18.3. The van der Waals surface area contributed by atoms with Crippen molar-refractivity contribution in [2.75, 3.05) is 6.54 Å². The Morgan fingerprint density at radius 1 is 1.03 bits per heavy atom. The van der Waals surface area contributed by atoms with Crippen LogP contribution in [-0.4, -0.2) is 44.0 Å². The summed E-state index contributed by atoms with van der Waals surface area (Å²) in [6, 6.07) is 11.8. The Balaban J connectivity index is 1.44. The van der Waals surface area contributed by atoms with Crippen molar-refractivity contribution in [2.45, 2.75) is 32.2 Å². The molecule has 35 heavy (non-hydrogen) atoms. The van der Waals surface area contributed by atoms with E-state index >= 15 is 0 Å². The predicted octanol–water partition coefficient (Wildman–Crippen LogP) is 4.97. The monoisotopic (exact) mass is 485 g/mol. The summed E-state index contributed by atoms with van der Waals surface area (Å²) in [5.74, 6) is -0.0207. The average molecular weight is 485 g/mol. The molecule has 0 N–H and O–H groups in total. The second kappa shape index (κ2) is 8.85. The van der Waals surface area contributed by atoms with Crippen LogP contribution < -0.4 is 4.74 Å². The summed E-state index contributed by atoms with van der Waals surface area (Å²) in [6.45, 7) is 2.12. The number of nitrogens with zero attached hydrogens (tertiary/aromatic N) is 5. The Morgan fingerprint density at radius 3 is 2.51 bits per heavy atom. The molecule has 4 aromatic rings. The molecule has 12 heteroatoms. The Morgan fingerprint density at radius 2 is 1.77 bits per heavy atom. The lowest BCUT2D eigenvalue weighted by Crippen LogP contribution is -2.31. The van der Waals surface area contributed by atoms with Crippen molar-refractivity contribution in [3.05, 3.63) is 65.8 Å². The summed E-state index contributed by atoms with van der Waals surface area (Å²) in [5.41, 5.74) is 0.882. The zero-order valence-corrected chi connectivity index (χ0v) is 18.3. The number of rotatable bonds is 5. The Labute approximate surface area is 196 Å². The maximum atomic E-state index is 13.5. The second-order valence-electron chi connectivity index (χ2n) is 7.85. The molecule has 2 aromatic heterocycles. The fraction of sp³-hybridized carbons (Fsp3) is 0.261. The number of aryl methyl sites for hydroxylation is 1. The van der Waals surface area contributed by atoms with Crippen molar-refractivity contribution in [3.63, 3.8) is 0 Å². The molecule has 5 rings (SSSR count). The summed E-state index contributed by atoms with van der Waals surface area (Å²) in [6.07, 6.45) is -3.64. The van der Waals surface area contributed by atoms with Gasteiger partial charge in [0.15, 0.2) is 5.82 Å². The van der Waals surface area contributed by atoms with Crippen LogP contribution in [0.4, 0.5) is 13.2 Å². The van der Waals surface area contributed by atoms with Gasteiger partial charge in [0, 0.05) is 6.54 Å². The molecule has 180 valence electrons. The van der Waals surface area contributed by atoms with E-state index in [1.165, 1.54) is 24.3 Å². The molecule has 1 atom stereocenters. The first-order valence-electron chi connectivity index (χ1n) is 10.7. The number of hydrogen-bond donors (Lipinski definition) is 0. The standard InChI is InChI=1S/C23H18F3N5O4/c1-13-27-20(34-29-13)14-7-2-3-8-15(14)22(32)31-12-6-10-17(31)21-28-19(30-35-21)16-9-4-5-11-18(16)33-23(24,25)26/h2-5,7-9,11,17H,6,10,12H2,1H3/t17-/m0/s1. The number of para-hydroxylation sites is 1. The van der Waals surface area contributed by atoms with Crippen molar-refractivity contribution < 1.29 is 31.7 Å². The van der Waals surface area contributed by atoms with Crippen LogP contribution in [0.1, 0.15) is 41.0 Å². The van der Waals surface area contributed by atoms with E-state index in [4.69, 9.17) is 9.05 Å². The Kier molecular flexibility index (Phi) is 5.71. The van der Waals surface area contributed by atoms with E-state index in [1.54, 1.807) is 36.1 Å². The predicted molar refractivity (Wildman–Crippen MR) is 114 cm³/mol. The van der Waals surface area contributed by atoms with Gasteiger partial charge in [-0.1, -0.05) is 34.6 Å². The number of alkyl halides is 3. The minimum Gasteiger partial charge on any atom is -0.405 e. The number of ether oxygens (including phenoxy) is 1. The molecular weight excluding hydrogens is 467 g/mol. The normalized spacial score (nSPS) is 16.0. The lowest BCUT2D eigenvalue weighted by Gasteiger charge is -2.22. The molecule has 0 aliphatic carbocycles. The highest BCUT2D eigenvalue weighted by molar-refractivity contribution is 6.00. The summed E-state index contributed by atoms with van der Waals surface area (Å²) >= 11 is 0. The summed E-state index contributed by atoms with van der Waals surface area (Å²) in [5, 5.41) is 7.64. The minimum absolute atomic E-state index is 0.0211. The van der Waals surface area contributed by atoms with Crippen LogP contribution in [0.5, 0.6) is 5.75 Å². The van der Waals surface area contributed by atoms with Crippen molar-refractivity contribution in [1.82, 2.24) is 25.2 Å². The van der Waals surface area contributed by atoms with Gasteiger partial charge in [-0.25, -0.2) is 0 Å². The van der Waals surface area contributed by atoms with Gasteiger partial charge in [0.05, 0.1) is 16.7 Å². The van der Waals surface area contributed by atoms with Crippen LogP contribution in [0.25, 0.3) is 22.8 Å². The molecule has 0 spiro atoms. The Bertz CT molecular complexity index is 1370. The van der Waals surface area contributed by atoms with Gasteiger partial charge < -0.3 is 18.7 Å². The van der Waals surface area contributed by atoms with Gasteiger partial charge in [-0.2, -0.15) is 9.97 Å². The fourth-order valence-electron chi connectivity index (χ4n) is 4.03. The summed E-state index contributed by atoms with van der Waals surface area (Å²) in [4.78, 5) is 23.6. The molecule has 0 unspecified atom stereocenters. The van der Waals surface area contributed by atoms with E-state index in [2.05, 4.69) is 25.0 Å². The van der Waals surface area contributed by atoms with Gasteiger partial charge in [0.2, 0.25) is 11.7 Å². The molecule has 1 aliphatic rings. The molecule has 1 amide bonds. The van der Waals surface area contributed by atoms with Crippen LogP contribution in [0.3, 0.4) is 0 Å². The van der Waals surface area contributed by atoms with Crippen molar-refractivity contribution in [1.29, 1.82) is 0 Å². The molecule has 0 saturated carbocycles. The van der Waals surface area contributed by atoms with Gasteiger partial charge in [-0.05, 0) is 44.0 Å². The number of carbonyl (C=O) groups is 1. The van der Waals surface area contributed by atoms with Crippen molar-refractivity contribution in [3.8, 4) is 28.6 Å². The average Bonchev–Trinajstić information content (AvgIpc) is 3.58. The SMILES string of the molecule is Cc1noc(-c2ccccc2C(=O)N2CCC[C@H]2c2nc(-c3ccccc3OC(F)(F)F)no2)n1. The second-order valence-corrected chi connectivity index (χ2v) is 7.85. The number of carbonyl (C=O) groups excluding carboxylic acids is 1. The fourth-order valence-corrected chi connectivity index (χ4v) is 4.03. The van der Waals surface area contributed by atoms with E-state index in [9.17, 15) is 18.0 Å². The van der Waals surface area contributed by atoms with Gasteiger partial charge in [0.1, 0.15) is 11.8 Å². The molecule has 0 radical (unpaired) electrons. The van der Waals surface area contributed by atoms with Gasteiger partial charge in [-0.3, -0.25) is 4.79 Å². The highest BCUT2D eigenvalue weighted by Gasteiger charge is 2.37. The maximum absolute atomic E-state index is 13.5. The molecule has 0 bridgehead atoms. The highest BCUT2D eigenvalue weighted by atomic mass is 19.4. The molecule has 1 saturated heterocycles. The lowest BCUT2D eigenvalue weighted by atomic mass is 10.1. The van der Waals surface area contributed by atoms with E-state index in [-0.39, 0.29) is 29.1 Å². The summed E-state index contributed by atoms with van der Waals surface area (Å²) < 4.78 is 53.1. The van der Waals surface area contributed by atoms with Crippen LogP contribution in [-0.2, 0) is 0 Å². The molecule has 1 fully saturated rings. The number of halogens is 3. The van der Waals surface area contributed by atoms with Gasteiger partial charge in [-0.15, -0.1) is 13.2 Å². The number of likely N-dealkylation sites (tertiary alicyclic amines) is 1. The number of aromatic nitrogens is 4. The van der Waals surface area contributed by atoms with E-state index in [1.807, 2.05) is 0 Å². The van der Waals surface area contributed by atoms with Crippen LogP contribution in [0.2, 0.25) is 0 Å². The van der Waals surface area contributed by atoms with Crippen LogP contribution in [0.15, 0.2) is 57.6 Å². The first-order chi connectivity index (χ1) is 16.8. The molecular formula is C23H18F3N5O4. The maximum Gasteiger partial charge on any atom is 0.573 e. The van der Waals surface area contributed by atoms with E-state index < -0.39 is 18.2 Å². The number of hydrogen-bond acceptors (Lipinski definition) is 8. The van der Waals surface area contributed by atoms with Crippen molar-refractivity contribution >= 4 is 5.91 Å². The van der Waals surface area contributed by atoms with Gasteiger partial charge >= 0.3 is 6.36 Å². The van der Waals surface area contributed by atoms with Crippen molar-refractivity contribution in [2.24, 2.45) is 0 Å². The minimum atomic E-state index is -4.87. The summed E-state index contributed by atoms with van der Waals surface area (Å²) in [7, 11) is 0. The van der Waals surface area contributed by atoms with E-state index in [0.717, 1.165) is 0 Å². The largest absolute Gasteiger partial charge is 0.573 e. The zero-order chi connectivity index (χ0) is 24.6. The topological polar surface area (TPSA) is 107 Å². The molecule has 9 nitrogen and oxygen atoms in total. The Hall–Kier alpha value is -4.22. The molecule has 1 aliphatic heterocycles. The first-order valence-corrected chi connectivity index (χ1v) is 10.7. The third-order valence-corrected chi connectivity index (χ3v) is 5.51. The third kappa shape index (κ3) is 4.59. The number of benzene rings is 2. The quantitative estimate of drug-likeness (QED) is 0.390. The first kappa shape index (κ1) is 22.6. The number of amides is 1. The highest BCUT2D eigenvalue weighted by Crippen LogP contribution is 2.37. The van der Waals surface area contributed by atoms with Crippen LogP contribution >= 0.6 is 0 Å². The van der Waals surface area contributed by atoms with Gasteiger partial charge in [0.25, 0.3) is 11.8 Å². The van der Waals surface area contributed by atoms with E-state index in [0.29, 0.717) is 36.3 Å².